The van der Waals surface area contributed by atoms with Crippen LogP contribution in [0.2, 0.25) is 5.02 Å². The maximum Gasteiger partial charge on any atom is 0.191 e. The number of halogens is 1. The summed E-state index contributed by atoms with van der Waals surface area (Å²) < 4.78 is 5.59. The molecule has 1 aliphatic heterocycles. The van der Waals surface area contributed by atoms with Crippen LogP contribution >= 0.6 is 11.6 Å². The smallest absolute Gasteiger partial charge is 0.191 e. The minimum Gasteiger partial charge on any atom is -0.381 e. The van der Waals surface area contributed by atoms with Gasteiger partial charge in [0, 0.05) is 43.3 Å². The molecule has 0 bridgehead atoms. The van der Waals surface area contributed by atoms with Crippen LogP contribution in [0.5, 0.6) is 0 Å². The third-order valence-corrected chi connectivity index (χ3v) is 5.37. The van der Waals surface area contributed by atoms with E-state index in [1.807, 2.05) is 19.2 Å². The van der Waals surface area contributed by atoms with Crippen LogP contribution in [0.1, 0.15) is 31.7 Å². The predicted octanol–water partition coefficient (Wildman–Crippen LogP) is 2.96. The van der Waals surface area contributed by atoms with Crippen molar-refractivity contribution >= 4 is 17.6 Å². The predicted molar refractivity (Wildman–Crippen MR) is 95.2 cm³/mol. The fraction of sp³-hybridized carbons (Fsp3) is 0.611. The van der Waals surface area contributed by atoms with Crippen LogP contribution in [0, 0.1) is 5.92 Å². The van der Waals surface area contributed by atoms with E-state index in [4.69, 9.17) is 16.3 Å². The molecule has 1 aliphatic carbocycles. The number of rotatable bonds is 4. The molecule has 23 heavy (non-hydrogen) atoms. The van der Waals surface area contributed by atoms with Gasteiger partial charge in [0.05, 0.1) is 0 Å². The summed E-state index contributed by atoms with van der Waals surface area (Å²) in [5.41, 5.74) is 1.34. The van der Waals surface area contributed by atoms with E-state index in [1.165, 1.54) is 12.0 Å². The van der Waals surface area contributed by atoms with Crippen molar-refractivity contribution in [2.45, 2.75) is 37.6 Å². The Labute approximate surface area is 143 Å². The number of aliphatic imine (C=N–C) groups is 1. The van der Waals surface area contributed by atoms with Gasteiger partial charge in [-0.25, -0.2) is 0 Å². The highest BCUT2D eigenvalue weighted by atomic mass is 35.5. The van der Waals surface area contributed by atoms with Crippen molar-refractivity contribution in [3.05, 3.63) is 34.9 Å². The van der Waals surface area contributed by atoms with Gasteiger partial charge < -0.3 is 15.4 Å². The Bertz CT molecular complexity index is 569. The van der Waals surface area contributed by atoms with Gasteiger partial charge in [0.15, 0.2) is 5.96 Å². The van der Waals surface area contributed by atoms with Crippen molar-refractivity contribution in [1.29, 1.82) is 0 Å². The number of benzene rings is 1. The highest BCUT2D eigenvalue weighted by molar-refractivity contribution is 6.30. The zero-order valence-electron chi connectivity index (χ0n) is 13.9. The van der Waals surface area contributed by atoms with Gasteiger partial charge in [0.25, 0.3) is 0 Å². The van der Waals surface area contributed by atoms with Gasteiger partial charge in [-0.05, 0) is 42.9 Å². The van der Waals surface area contributed by atoms with Crippen molar-refractivity contribution in [3.63, 3.8) is 0 Å². The summed E-state index contributed by atoms with van der Waals surface area (Å²) in [7, 11) is 1.83. The molecule has 0 spiro atoms. The Morgan fingerprint density at radius 1 is 1.39 bits per heavy atom. The fourth-order valence-electron chi connectivity index (χ4n) is 3.29. The first-order valence-corrected chi connectivity index (χ1v) is 8.82. The van der Waals surface area contributed by atoms with E-state index in [0.29, 0.717) is 6.04 Å². The molecular formula is C18H26ClN3O. The van der Waals surface area contributed by atoms with Crippen molar-refractivity contribution in [3.8, 4) is 0 Å². The highest BCUT2D eigenvalue weighted by Crippen LogP contribution is 2.35. The molecule has 1 aromatic rings. The van der Waals surface area contributed by atoms with Gasteiger partial charge in [0.2, 0.25) is 0 Å². The second-order valence-electron chi connectivity index (χ2n) is 6.79. The molecule has 2 N–H and O–H groups in total. The zero-order chi connectivity index (χ0) is 16.3. The number of nitrogens with one attached hydrogen (secondary N) is 2. The summed E-state index contributed by atoms with van der Waals surface area (Å²) in [6, 6.07) is 8.80. The van der Waals surface area contributed by atoms with Crippen LogP contribution in [0.15, 0.2) is 29.3 Å². The maximum absolute atomic E-state index is 6.22. The van der Waals surface area contributed by atoms with Gasteiger partial charge in [-0.2, -0.15) is 0 Å². The standard InChI is InChI=1S/C18H26ClN3O/c1-13-10-16(13)22-17(20-2)21-12-18(6-8-23-9-7-18)14-4-3-5-15(19)11-14/h3-5,11,13,16H,6-10,12H2,1-2H3,(H2,20,21,22). The molecule has 4 nitrogen and oxygen atoms in total. The fourth-order valence-corrected chi connectivity index (χ4v) is 3.48. The van der Waals surface area contributed by atoms with Crippen LogP contribution in [-0.2, 0) is 10.2 Å². The van der Waals surface area contributed by atoms with Crippen molar-refractivity contribution in [1.82, 2.24) is 10.6 Å². The lowest BCUT2D eigenvalue weighted by Gasteiger charge is -2.38. The number of guanidine groups is 1. The molecular weight excluding hydrogens is 310 g/mol. The first-order chi connectivity index (χ1) is 11.1. The van der Waals surface area contributed by atoms with Gasteiger partial charge in [-0.3, -0.25) is 4.99 Å². The van der Waals surface area contributed by atoms with Crippen LogP contribution in [0.4, 0.5) is 0 Å². The molecule has 2 unspecified atom stereocenters. The first kappa shape index (κ1) is 16.6. The Hall–Kier alpha value is -1.26. The highest BCUT2D eigenvalue weighted by Gasteiger charge is 2.36. The van der Waals surface area contributed by atoms with Crippen LogP contribution in [0.25, 0.3) is 0 Å². The minimum atomic E-state index is 0.0515. The van der Waals surface area contributed by atoms with E-state index < -0.39 is 0 Å². The zero-order valence-corrected chi connectivity index (χ0v) is 14.7. The van der Waals surface area contributed by atoms with E-state index in [-0.39, 0.29) is 5.41 Å². The largest absolute Gasteiger partial charge is 0.381 e. The molecule has 0 amide bonds. The topological polar surface area (TPSA) is 45.7 Å². The molecule has 0 radical (unpaired) electrons. The second-order valence-corrected chi connectivity index (χ2v) is 7.23. The Morgan fingerprint density at radius 2 is 2.13 bits per heavy atom. The molecule has 5 heteroatoms. The summed E-state index contributed by atoms with van der Waals surface area (Å²) in [6.45, 7) is 4.69. The Kier molecular flexibility index (Phi) is 5.12. The molecule has 1 saturated carbocycles. The van der Waals surface area contributed by atoms with Gasteiger partial charge in [-0.1, -0.05) is 30.7 Å². The van der Waals surface area contributed by atoms with Crippen LogP contribution < -0.4 is 10.6 Å². The lowest BCUT2D eigenvalue weighted by atomic mass is 9.74. The van der Waals surface area contributed by atoms with E-state index in [1.54, 1.807) is 0 Å². The average molecular weight is 336 g/mol. The summed E-state index contributed by atoms with van der Waals surface area (Å²) in [6.07, 6.45) is 3.22. The van der Waals surface area contributed by atoms with E-state index in [0.717, 1.165) is 49.5 Å². The lowest BCUT2D eigenvalue weighted by Crippen LogP contribution is -2.48. The summed E-state index contributed by atoms with van der Waals surface area (Å²) in [4.78, 5) is 4.37. The quantitative estimate of drug-likeness (QED) is 0.657. The maximum atomic E-state index is 6.22. The van der Waals surface area contributed by atoms with Crippen molar-refractivity contribution in [2.75, 3.05) is 26.8 Å². The number of hydrogen-bond acceptors (Lipinski definition) is 2. The normalized spacial score (nSPS) is 26.7. The number of hydrogen-bond donors (Lipinski definition) is 2. The lowest BCUT2D eigenvalue weighted by molar-refractivity contribution is 0.0514. The molecule has 1 aromatic carbocycles. The van der Waals surface area contributed by atoms with Crippen LogP contribution in [0.3, 0.4) is 0 Å². The number of nitrogens with zero attached hydrogens (tertiary/aromatic N) is 1. The monoisotopic (exact) mass is 335 g/mol. The minimum absolute atomic E-state index is 0.0515. The van der Waals surface area contributed by atoms with E-state index in [2.05, 4.69) is 34.7 Å². The van der Waals surface area contributed by atoms with Crippen LogP contribution in [-0.4, -0.2) is 38.8 Å². The molecule has 1 heterocycles. The molecule has 2 aliphatic rings. The molecule has 1 saturated heterocycles. The average Bonchev–Trinajstić information content (AvgIpc) is 3.27. The van der Waals surface area contributed by atoms with Crippen molar-refractivity contribution in [2.24, 2.45) is 10.9 Å². The molecule has 2 fully saturated rings. The van der Waals surface area contributed by atoms with E-state index >= 15 is 0 Å². The van der Waals surface area contributed by atoms with E-state index in [9.17, 15) is 0 Å². The summed E-state index contributed by atoms with van der Waals surface area (Å²) in [5.74, 6) is 1.64. The SMILES string of the molecule is CN=C(NCC1(c2cccc(Cl)c2)CCOCC1)NC1CC1C. The Morgan fingerprint density at radius 3 is 2.74 bits per heavy atom. The van der Waals surface area contributed by atoms with Gasteiger partial charge in [-0.15, -0.1) is 0 Å². The number of ether oxygens (including phenoxy) is 1. The third kappa shape index (κ3) is 3.99. The molecule has 3 rings (SSSR count). The molecule has 2 atom stereocenters. The summed E-state index contributed by atoms with van der Waals surface area (Å²) >= 11 is 6.22. The summed E-state index contributed by atoms with van der Waals surface area (Å²) in [5, 5.41) is 7.82. The van der Waals surface area contributed by atoms with Crippen molar-refractivity contribution < 1.29 is 4.74 Å². The first-order valence-electron chi connectivity index (χ1n) is 8.44. The molecule has 126 valence electrons. The van der Waals surface area contributed by atoms with Gasteiger partial charge >= 0.3 is 0 Å². The molecule has 0 aromatic heterocycles. The second kappa shape index (κ2) is 7.10. The third-order valence-electron chi connectivity index (χ3n) is 5.14. The van der Waals surface area contributed by atoms with Gasteiger partial charge in [0.1, 0.15) is 0 Å². The Balaban J connectivity index is 1.71.